The molecule has 1 aromatic heterocycles. The van der Waals surface area contributed by atoms with Gasteiger partial charge in [-0.1, -0.05) is 18.0 Å². The lowest BCUT2D eigenvalue weighted by atomic mass is 10.2. The zero-order valence-electron chi connectivity index (χ0n) is 13.2. The van der Waals surface area contributed by atoms with E-state index in [0.29, 0.717) is 22.9 Å². The molecule has 1 saturated carbocycles. The Morgan fingerprint density at radius 1 is 1.22 bits per heavy atom. The monoisotopic (exact) mass is 317 g/mol. The minimum Gasteiger partial charge on any atom is -0.493 e. The van der Waals surface area contributed by atoms with Crippen molar-refractivity contribution in [3.63, 3.8) is 0 Å². The maximum atomic E-state index is 12.1. The number of ether oxygens (including phenoxy) is 2. The molecule has 0 radical (unpaired) electrons. The largest absolute Gasteiger partial charge is 0.493 e. The molecule has 1 fully saturated rings. The normalized spacial score (nSPS) is 14.7. The second-order valence-corrected chi connectivity index (χ2v) is 5.45. The molecular formula is C16H19N3O4. The van der Waals surface area contributed by atoms with Crippen LogP contribution in [0.4, 0.5) is 0 Å². The van der Waals surface area contributed by atoms with Gasteiger partial charge in [-0.25, -0.2) is 0 Å². The van der Waals surface area contributed by atoms with Gasteiger partial charge in [0.05, 0.1) is 14.2 Å². The molecule has 0 bridgehead atoms. The SMILES string of the molecule is COc1ccc(-c2noc(C(=O)NC3CCCC3)n2)cc1OC. The van der Waals surface area contributed by atoms with Gasteiger partial charge < -0.3 is 19.3 Å². The summed E-state index contributed by atoms with van der Waals surface area (Å²) in [6, 6.07) is 5.48. The zero-order valence-corrected chi connectivity index (χ0v) is 13.2. The first-order valence-electron chi connectivity index (χ1n) is 7.58. The molecule has 3 rings (SSSR count). The Morgan fingerprint density at radius 3 is 2.65 bits per heavy atom. The number of rotatable bonds is 5. The third-order valence-electron chi connectivity index (χ3n) is 3.95. The molecular weight excluding hydrogens is 298 g/mol. The summed E-state index contributed by atoms with van der Waals surface area (Å²) in [5.41, 5.74) is 0.686. The van der Waals surface area contributed by atoms with E-state index in [4.69, 9.17) is 14.0 Å². The van der Waals surface area contributed by atoms with Gasteiger partial charge in [-0.05, 0) is 31.0 Å². The van der Waals surface area contributed by atoms with Crippen LogP contribution in [0.5, 0.6) is 11.5 Å². The number of aromatic nitrogens is 2. The molecule has 7 nitrogen and oxygen atoms in total. The van der Waals surface area contributed by atoms with Gasteiger partial charge >= 0.3 is 11.8 Å². The fourth-order valence-corrected chi connectivity index (χ4v) is 2.73. The highest BCUT2D eigenvalue weighted by atomic mass is 16.5. The topological polar surface area (TPSA) is 86.5 Å². The van der Waals surface area contributed by atoms with Gasteiger partial charge in [0.25, 0.3) is 0 Å². The summed E-state index contributed by atoms with van der Waals surface area (Å²) < 4.78 is 15.5. The quantitative estimate of drug-likeness (QED) is 0.911. The molecule has 1 aliphatic rings. The van der Waals surface area contributed by atoms with Crippen LogP contribution in [-0.2, 0) is 0 Å². The van der Waals surface area contributed by atoms with Crippen LogP contribution in [0.3, 0.4) is 0 Å². The van der Waals surface area contributed by atoms with Crippen LogP contribution in [0.1, 0.15) is 36.4 Å². The lowest BCUT2D eigenvalue weighted by molar-refractivity contribution is 0.0893. The Labute approximate surface area is 134 Å². The van der Waals surface area contributed by atoms with E-state index in [2.05, 4.69) is 15.5 Å². The number of nitrogens with zero attached hydrogens (tertiary/aromatic N) is 2. The number of methoxy groups -OCH3 is 2. The molecule has 2 aromatic rings. The number of amides is 1. The van der Waals surface area contributed by atoms with Crippen LogP contribution < -0.4 is 14.8 Å². The number of hydrogen-bond acceptors (Lipinski definition) is 6. The minimum atomic E-state index is -0.323. The van der Waals surface area contributed by atoms with E-state index in [1.54, 1.807) is 32.4 Å². The van der Waals surface area contributed by atoms with Crippen LogP contribution in [-0.4, -0.2) is 36.3 Å². The van der Waals surface area contributed by atoms with Crippen molar-refractivity contribution in [1.29, 1.82) is 0 Å². The first kappa shape index (κ1) is 15.3. The first-order valence-corrected chi connectivity index (χ1v) is 7.58. The summed E-state index contributed by atoms with van der Waals surface area (Å²) in [6.07, 6.45) is 4.29. The fourth-order valence-electron chi connectivity index (χ4n) is 2.73. The summed E-state index contributed by atoms with van der Waals surface area (Å²) in [6.45, 7) is 0. The zero-order chi connectivity index (χ0) is 16.2. The standard InChI is InChI=1S/C16H19N3O4/c1-21-12-8-7-10(9-13(12)22-2)14-18-16(23-19-14)15(20)17-11-5-3-4-6-11/h7-9,11H,3-6H2,1-2H3,(H,17,20). The lowest BCUT2D eigenvalue weighted by Crippen LogP contribution is -2.32. The van der Waals surface area contributed by atoms with E-state index >= 15 is 0 Å². The van der Waals surface area contributed by atoms with E-state index in [0.717, 1.165) is 25.7 Å². The van der Waals surface area contributed by atoms with E-state index in [-0.39, 0.29) is 17.8 Å². The Bertz CT molecular complexity index is 692. The van der Waals surface area contributed by atoms with E-state index < -0.39 is 0 Å². The maximum absolute atomic E-state index is 12.1. The Hall–Kier alpha value is -2.57. The predicted molar refractivity (Wildman–Crippen MR) is 82.6 cm³/mol. The molecule has 0 saturated heterocycles. The van der Waals surface area contributed by atoms with E-state index in [9.17, 15) is 4.79 Å². The molecule has 1 heterocycles. The Balaban J connectivity index is 1.77. The Kier molecular flexibility index (Phi) is 4.45. The highest BCUT2D eigenvalue weighted by Crippen LogP contribution is 2.31. The van der Waals surface area contributed by atoms with Crippen molar-refractivity contribution in [3.05, 3.63) is 24.1 Å². The first-order chi connectivity index (χ1) is 11.2. The number of hydrogen-bond donors (Lipinski definition) is 1. The van der Waals surface area contributed by atoms with Crippen LogP contribution >= 0.6 is 0 Å². The summed E-state index contributed by atoms with van der Waals surface area (Å²) in [4.78, 5) is 16.3. The second kappa shape index (κ2) is 6.68. The smallest absolute Gasteiger partial charge is 0.316 e. The molecule has 1 amide bonds. The van der Waals surface area contributed by atoms with Gasteiger partial charge in [0.1, 0.15) is 0 Å². The van der Waals surface area contributed by atoms with Gasteiger partial charge in [-0.3, -0.25) is 4.79 Å². The van der Waals surface area contributed by atoms with Crippen LogP contribution in [0.15, 0.2) is 22.7 Å². The van der Waals surface area contributed by atoms with Crippen LogP contribution in [0.2, 0.25) is 0 Å². The lowest BCUT2D eigenvalue weighted by Gasteiger charge is -2.08. The average Bonchev–Trinajstić information content (AvgIpc) is 3.25. The van der Waals surface area contributed by atoms with Crippen molar-refractivity contribution in [2.75, 3.05) is 14.2 Å². The van der Waals surface area contributed by atoms with Crippen LogP contribution in [0, 0.1) is 0 Å². The number of benzene rings is 1. The molecule has 1 N–H and O–H groups in total. The third kappa shape index (κ3) is 3.28. The van der Waals surface area contributed by atoms with E-state index in [1.165, 1.54) is 0 Å². The maximum Gasteiger partial charge on any atom is 0.316 e. The highest BCUT2D eigenvalue weighted by Gasteiger charge is 2.22. The predicted octanol–water partition coefficient (Wildman–Crippen LogP) is 2.43. The number of carbonyl (C=O) groups excluding carboxylic acids is 1. The van der Waals surface area contributed by atoms with Gasteiger partial charge in [-0.15, -0.1) is 0 Å². The van der Waals surface area contributed by atoms with Crippen molar-refractivity contribution < 1.29 is 18.8 Å². The Morgan fingerprint density at radius 2 is 1.96 bits per heavy atom. The number of carbonyl (C=O) groups is 1. The van der Waals surface area contributed by atoms with Crippen molar-refractivity contribution in [2.45, 2.75) is 31.7 Å². The molecule has 0 atom stereocenters. The second-order valence-electron chi connectivity index (χ2n) is 5.45. The van der Waals surface area contributed by atoms with Crippen molar-refractivity contribution in [3.8, 4) is 22.9 Å². The summed E-state index contributed by atoms with van der Waals surface area (Å²) in [5, 5.41) is 6.79. The third-order valence-corrected chi connectivity index (χ3v) is 3.95. The van der Waals surface area contributed by atoms with Gasteiger partial charge in [0.2, 0.25) is 5.82 Å². The molecule has 0 aliphatic heterocycles. The minimum absolute atomic E-state index is 0.0262. The van der Waals surface area contributed by atoms with E-state index in [1.807, 2.05) is 0 Å². The summed E-state index contributed by atoms with van der Waals surface area (Å²) in [7, 11) is 3.12. The van der Waals surface area contributed by atoms with Crippen molar-refractivity contribution >= 4 is 5.91 Å². The van der Waals surface area contributed by atoms with Gasteiger partial charge in [0.15, 0.2) is 11.5 Å². The molecule has 0 unspecified atom stereocenters. The van der Waals surface area contributed by atoms with Gasteiger partial charge in [-0.2, -0.15) is 4.98 Å². The molecule has 1 aromatic carbocycles. The summed E-state index contributed by atoms with van der Waals surface area (Å²) in [5.74, 6) is 1.16. The fraction of sp³-hybridized carbons (Fsp3) is 0.438. The molecule has 7 heteroatoms. The van der Waals surface area contributed by atoms with Gasteiger partial charge in [0, 0.05) is 11.6 Å². The average molecular weight is 317 g/mol. The summed E-state index contributed by atoms with van der Waals surface area (Å²) >= 11 is 0. The highest BCUT2D eigenvalue weighted by molar-refractivity contribution is 5.90. The van der Waals surface area contributed by atoms with Crippen molar-refractivity contribution in [1.82, 2.24) is 15.5 Å². The molecule has 122 valence electrons. The molecule has 0 spiro atoms. The van der Waals surface area contributed by atoms with Crippen LogP contribution in [0.25, 0.3) is 11.4 Å². The molecule has 23 heavy (non-hydrogen) atoms. The molecule has 1 aliphatic carbocycles. The van der Waals surface area contributed by atoms with Crippen molar-refractivity contribution in [2.24, 2.45) is 0 Å². The number of nitrogens with one attached hydrogen (secondary N) is 1.